The standard InChI is InChI=1S/C24H38N8O5/c1-5-14(4)20(25)23(35)31-18(8-16-10-27-12-29-16)21(33)30-17(7-15-9-26-11-28-15)22(34)32-19(24(36)37)6-13(2)3/h9-14,17-20H,5-8,25H2,1-4H3,(H,26,28)(H,27,29)(H,30,33)(H,31,35)(H,32,34)(H,36,37). The zero-order valence-corrected chi connectivity index (χ0v) is 21.7. The fourth-order valence-corrected chi connectivity index (χ4v) is 3.67. The number of H-pyrrole nitrogens is 2. The molecule has 0 aromatic carbocycles. The number of hydrogen-bond acceptors (Lipinski definition) is 7. The van der Waals surface area contributed by atoms with E-state index < -0.39 is 47.9 Å². The Hall–Kier alpha value is -3.74. The lowest BCUT2D eigenvalue weighted by Crippen LogP contribution is -2.58. The van der Waals surface area contributed by atoms with Gasteiger partial charge in [-0.2, -0.15) is 0 Å². The lowest BCUT2D eigenvalue weighted by atomic mass is 9.98. The number of rotatable bonds is 15. The lowest BCUT2D eigenvalue weighted by Gasteiger charge is -2.26. The fourth-order valence-electron chi connectivity index (χ4n) is 3.67. The molecule has 5 atom stereocenters. The van der Waals surface area contributed by atoms with Crippen molar-refractivity contribution in [3.05, 3.63) is 36.4 Å². The normalized spacial score (nSPS) is 15.3. The van der Waals surface area contributed by atoms with Gasteiger partial charge in [-0.25, -0.2) is 14.8 Å². The van der Waals surface area contributed by atoms with Crippen LogP contribution in [0.1, 0.15) is 51.9 Å². The van der Waals surface area contributed by atoms with Crippen LogP contribution < -0.4 is 21.7 Å². The number of imidazole rings is 2. The summed E-state index contributed by atoms with van der Waals surface area (Å²) < 4.78 is 0. The third-order valence-corrected chi connectivity index (χ3v) is 6.11. The molecule has 0 bridgehead atoms. The Kier molecular flexibility index (Phi) is 11.2. The summed E-state index contributed by atoms with van der Waals surface area (Å²) >= 11 is 0. The largest absolute Gasteiger partial charge is 0.480 e. The van der Waals surface area contributed by atoms with Crippen molar-refractivity contribution in [2.24, 2.45) is 17.6 Å². The van der Waals surface area contributed by atoms with E-state index in [4.69, 9.17) is 5.73 Å². The van der Waals surface area contributed by atoms with Crippen LogP contribution in [0.5, 0.6) is 0 Å². The molecule has 3 amide bonds. The van der Waals surface area contributed by atoms with Crippen LogP contribution in [0.3, 0.4) is 0 Å². The molecule has 0 aliphatic heterocycles. The van der Waals surface area contributed by atoms with E-state index >= 15 is 0 Å². The van der Waals surface area contributed by atoms with Gasteiger partial charge in [0, 0.05) is 36.6 Å². The van der Waals surface area contributed by atoms with Gasteiger partial charge >= 0.3 is 5.97 Å². The van der Waals surface area contributed by atoms with Crippen molar-refractivity contribution >= 4 is 23.7 Å². The molecule has 13 heteroatoms. The molecular weight excluding hydrogens is 480 g/mol. The number of carbonyl (C=O) groups excluding carboxylic acids is 3. The van der Waals surface area contributed by atoms with Gasteiger partial charge < -0.3 is 36.8 Å². The molecule has 0 fully saturated rings. The van der Waals surface area contributed by atoms with Crippen molar-refractivity contribution in [1.82, 2.24) is 35.9 Å². The molecule has 0 spiro atoms. The number of carbonyl (C=O) groups is 4. The predicted octanol–water partition coefficient (Wildman–Crippen LogP) is -0.123. The summed E-state index contributed by atoms with van der Waals surface area (Å²) in [6.07, 6.45) is 6.92. The molecule has 0 aliphatic rings. The average molecular weight is 519 g/mol. The first-order valence-electron chi connectivity index (χ1n) is 12.4. The van der Waals surface area contributed by atoms with E-state index in [9.17, 15) is 24.3 Å². The number of hydrogen-bond donors (Lipinski definition) is 7. The van der Waals surface area contributed by atoms with Gasteiger partial charge in [0.2, 0.25) is 17.7 Å². The maximum absolute atomic E-state index is 13.4. The van der Waals surface area contributed by atoms with E-state index in [2.05, 4.69) is 35.9 Å². The fraction of sp³-hybridized carbons (Fsp3) is 0.583. The third kappa shape index (κ3) is 9.33. The van der Waals surface area contributed by atoms with Crippen molar-refractivity contribution in [2.45, 2.75) is 77.5 Å². The molecule has 0 saturated heterocycles. The van der Waals surface area contributed by atoms with Crippen molar-refractivity contribution in [1.29, 1.82) is 0 Å². The Morgan fingerprint density at radius 2 is 1.32 bits per heavy atom. The first kappa shape index (κ1) is 29.5. The minimum atomic E-state index is -1.17. The molecule has 37 heavy (non-hydrogen) atoms. The SMILES string of the molecule is CCC(C)C(N)C(=O)NC(Cc1cnc[nH]1)C(=O)NC(Cc1cnc[nH]1)C(=O)NC(CC(C)C)C(=O)O. The predicted molar refractivity (Wildman–Crippen MR) is 135 cm³/mol. The van der Waals surface area contributed by atoms with Crippen molar-refractivity contribution in [3.8, 4) is 0 Å². The van der Waals surface area contributed by atoms with Crippen LogP contribution in [0.15, 0.2) is 25.0 Å². The number of nitrogens with two attached hydrogens (primary N) is 1. The van der Waals surface area contributed by atoms with E-state index in [1.807, 2.05) is 27.7 Å². The monoisotopic (exact) mass is 518 g/mol. The van der Waals surface area contributed by atoms with Crippen LogP contribution >= 0.6 is 0 Å². The molecule has 2 rings (SSSR count). The molecule has 2 aromatic heterocycles. The molecular formula is C24H38N8O5. The third-order valence-electron chi connectivity index (χ3n) is 6.11. The molecule has 0 radical (unpaired) electrons. The number of aromatic nitrogens is 4. The highest BCUT2D eigenvalue weighted by atomic mass is 16.4. The number of aromatic amines is 2. The lowest BCUT2D eigenvalue weighted by molar-refractivity contribution is -0.142. The van der Waals surface area contributed by atoms with Crippen LogP contribution in [0.4, 0.5) is 0 Å². The second-order valence-corrected chi connectivity index (χ2v) is 9.62. The minimum absolute atomic E-state index is 0.0192. The molecule has 2 heterocycles. The number of nitrogens with zero attached hydrogens (tertiary/aromatic N) is 2. The highest BCUT2D eigenvalue weighted by Crippen LogP contribution is 2.09. The molecule has 2 aromatic rings. The smallest absolute Gasteiger partial charge is 0.326 e. The van der Waals surface area contributed by atoms with Gasteiger partial charge in [-0.05, 0) is 18.3 Å². The Morgan fingerprint density at radius 1 is 0.865 bits per heavy atom. The van der Waals surface area contributed by atoms with Gasteiger partial charge in [0.05, 0.1) is 18.7 Å². The van der Waals surface area contributed by atoms with E-state index in [-0.39, 0.29) is 31.1 Å². The topological polar surface area (TPSA) is 208 Å². The number of aliphatic carboxylic acids is 1. The van der Waals surface area contributed by atoms with Gasteiger partial charge in [0.25, 0.3) is 0 Å². The Bertz CT molecular complexity index is 1010. The summed E-state index contributed by atoms with van der Waals surface area (Å²) in [6.45, 7) is 7.45. The maximum atomic E-state index is 13.4. The Labute approximate surface area is 215 Å². The molecule has 204 valence electrons. The highest BCUT2D eigenvalue weighted by molar-refractivity contribution is 5.94. The summed E-state index contributed by atoms with van der Waals surface area (Å²) in [5.41, 5.74) is 7.21. The summed E-state index contributed by atoms with van der Waals surface area (Å²) in [5, 5.41) is 17.4. The van der Waals surface area contributed by atoms with Gasteiger partial charge in [-0.1, -0.05) is 34.1 Å². The molecule has 13 nitrogen and oxygen atoms in total. The van der Waals surface area contributed by atoms with E-state index in [1.165, 1.54) is 25.0 Å². The number of nitrogens with one attached hydrogen (secondary N) is 5. The van der Waals surface area contributed by atoms with Crippen LogP contribution in [0, 0.1) is 11.8 Å². The van der Waals surface area contributed by atoms with E-state index in [1.54, 1.807) is 0 Å². The van der Waals surface area contributed by atoms with Crippen LogP contribution in [-0.2, 0) is 32.0 Å². The number of carboxylic acids is 1. The second-order valence-electron chi connectivity index (χ2n) is 9.62. The molecule has 0 saturated carbocycles. The first-order valence-corrected chi connectivity index (χ1v) is 12.4. The highest BCUT2D eigenvalue weighted by Gasteiger charge is 2.32. The summed E-state index contributed by atoms with van der Waals surface area (Å²) in [6, 6.07) is -4.14. The average Bonchev–Trinajstić information content (AvgIpc) is 3.55. The summed E-state index contributed by atoms with van der Waals surface area (Å²) in [7, 11) is 0. The van der Waals surface area contributed by atoms with E-state index in [0.717, 1.165) is 0 Å². The van der Waals surface area contributed by atoms with Crippen LogP contribution in [0.2, 0.25) is 0 Å². The first-order chi connectivity index (χ1) is 17.5. The Morgan fingerprint density at radius 3 is 1.70 bits per heavy atom. The molecule has 8 N–H and O–H groups in total. The summed E-state index contributed by atoms with van der Waals surface area (Å²) in [4.78, 5) is 64.7. The maximum Gasteiger partial charge on any atom is 0.326 e. The zero-order valence-electron chi connectivity index (χ0n) is 21.7. The van der Waals surface area contributed by atoms with Crippen molar-refractivity contribution in [2.75, 3.05) is 0 Å². The van der Waals surface area contributed by atoms with Crippen LogP contribution in [0.25, 0.3) is 0 Å². The van der Waals surface area contributed by atoms with Crippen molar-refractivity contribution in [3.63, 3.8) is 0 Å². The zero-order chi connectivity index (χ0) is 27.5. The molecule has 0 aliphatic carbocycles. The number of carboxylic acid groups (broad SMARTS) is 1. The van der Waals surface area contributed by atoms with Gasteiger partial charge in [-0.15, -0.1) is 0 Å². The van der Waals surface area contributed by atoms with E-state index in [0.29, 0.717) is 17.8 Å². The Balaban J connectivity index is 2.25. The number of amides is 3. The second kappa shape index (κ2) is 14.1. The minimum Gasteiger partial charge on any atom is -0.480 e. The van der Waals surface area contributed by atoms with Gasteiger partial charge in [-0.3, -0.25) is 14.4 Å². The summed E-state index contributed by atoms with van der Waals surface area (Å²) in [5.74, 6) is -3.05. The van der Waals surface area contributed by atoms with Crippen LogP contribution in [-0.4, -0.2) is 72.9 Å². The van der Waals surface area contributed by atoms with Gasteiger partial charge in [0.15, 0.2) is 0 Å². The molecule has 5 unspecified atom stereocenters. The van der Waals surface area contributed by atoms with Gasteiger partial charge in [0.1, 0.15) is 18.1 Å². The van der Waals surface area contributed by atoms with Crippen molar-refractivity contribution < 1.29 is 24.3 Å². The quantitative estimate of drug-likeness (QED) is 0.169.